The van der Waals surface area contributed by atoms with E-state index in [-0.39, 0.29) is 0 Å². The molecule has 3 rings (SSSR count). The van der Waals surface area contributed by atoms with Gasteiger partial charge in [0.15, 0.2) is 0 Å². The molecule has 2 aromatic rings. The molecule has 0 atom stereocenters. The van der Waals surface area contributed by atoms with Gasteiger partial charge in [0.1, 0.15) is 16.8 Å². The van der Waals surface area contributed by atoms with Gasteiger partial charge in [0.05, 0.1) is 0 Å². The molecule has 0 spiro atoms. The van der Waals surface area contributed by atoms with Gasteiger partial charge in [-0.3, -0.25) is 0 Å². The van der Waals surface area contributed by atoms with E-state index in [0.29, 0.717) is 11.2 Å². The van der Waals surface area contributed by atoms with E-state index in [1.165, 1.54) is 18.4 Å². The minimum atomic E-state index is 0.522. The Morgan fingerprint density at radius 2 is 2.28 bits per heavy atom. The molecule has 0 aliphatic heterocycles. The number of nitrogens with zero attached hydrogens (tertiary/aromatic N) is 3. The van der Waals surface area contributed by atoms with Crippen LogP contribution in [-0.4, -0.2) is 16.0 Å². The fraction of sp³-hybridized carbons (Fsp3) is 0.385. The molecule has 2 aromatic heterocycles. The molecule has 94 valence electrons. The van der Waals surface area contributed by atoms with Crippen molar-refractivity contribution in [1.29, 1.82) is 0 Å². The summed E-state index contributed by atoms with van der Waals surface area (Å²) in [4.78, 5) is 11.0. The molecule has 1 aliphatic carbocycles. The highest BCUT2D eigenvalue weighted by Gasteiger charge is 2.30. The first-order valence-electron chi connectivity index (χ1n) is 6.01. The number of anilines is 1. The summed E-state index contributed by atoms with van der Waals surface area (Å²) < 4.78 is 0. The van der Waals surface area contributed by atoms with Crippen LogP contribution in [-0.2, 0) is 6.54 Å². The summed E-state index contributed by atoms with van der Waals surface area (Å²) in [6.45, 7) is 2.78. The lowest BCUT2D eigenvalue weighted by Gasteiger charge is -2.23. The van der Waals surface area contributed by atoms with Crippen molar-refractivity contribution in [1.82, 2.24) is 9.97 Å². The maximum Gasteiger partial charge on any atom is 0.134 e. The summed E-state index contributed by atoms with van der Waals surface area (Å²) in [7, 11) is 0. The van der Waals surface area contributed by atoms with Crippen LogP contribution in [0.1, 0.15) is 24.2 Å². The first kappa shape index (κ1) is 11.9. The van der Waals surface area contributed by atoms with Crippen molar-refractivity contribution in [2.75, 3.05) is 4.90 Å². The molecule has 0 radical (unpaired) electrons. The van der Waals surface area contributed by atoms with E-state index in [9.17, 15) is 0 Å². The Morgan fingerprint density at radius 1 is 1.44 bits per heavy atom. The van der Waals surface area contributed by atoms with Crippen molar-refractivity contribution in [2.45, 2.75) is 32.4 Å². The van der Waals surface area contributed by atoms with E-state index < -0.39 is 0 Å². The van der Waals surface area contributed by atoms with Crippen molar-refractivity contribution in [3.8, 4) is 0 Å². The Hall–Kier alpha value is -1.13. The molecule has 0 aromatic carbocycles. The quantitative estimate of drug-likeness (QED) is 0.800. The Balaban J connectivity index is 1.89. The smallest absolute Gasteiger partial charge is 0.134 e. The minimum absolute atomic E-state index is 0.522. The molecular weight excluding hydrogens is 266 g/mol. The Labute approximate surface area is 115 Å². The summed E-state index contributed by atoms with van der Waals surface area (Å²) >= 11 is 7.76. The van der Waals surface area contributed by atoms with Crippen molar-refractivity contribution < 1.29 is 0 Å². The van der Waals surface area contributed by atoms with Gasteiger partial charge in [0.25, 0.3) is 0 Å². The molecular formula is C13H14ClN3S. The van der Waals surface area contributed by atoms with Crippen molar-refractivity contribution in [3.63, 3.8) is 0 Å². The Kier molecular flexibility index (Phi) is 3.22. The Bertz CT molecular complexity index is 517. The van der Waals surface area contributed by atoms with E-state index in [2.05, 4.69) is 31.7 Å². The average Bonchev–Trinajstić information content (AvgIpc) is 3.02. The van der Waals surface area contributed by atoms with Crippen molar-refractivity contribution >= 4 is 28.8 Å². The zero-order valence-corrected chi connectivity index (χ0v) is 11.7. The van der Waals surface area contributed by atoms with Crippen molar-refractivity contribution in [2.24, 2.45) is 0 Å². The lowest BCUT2D eigenvalue weighted by atomic mass is 10.3. The van der Waals surface area contributed by atoms with Crippen LogP contribution in [0.4, 0.5) is 5.82 Å². The summed E-state index contributed by atoms with van der Waals surface area (Å²) in [5, 5.41) is 4.82. The minimum Gasteiger partial charge on any atom is -0.349 e. The van der Waals surface area contributed by atoms with Gasteiger partial charge < -0.3 is 4.90 Å². The molecule has 0 unspecified atom stereocenters. The van der Waals surface area contributed by atoms with Gasteiger partial charge in [-0.2, -0.15) is 11.3 Å². The third-order valence-electron chi connectivity index (χ3n) is 3.01. The second-order valence-electron chi connectivity index (χ2n) is 4.59. The van der Waals surface area contributed by atoms with Gasteiger partial charge in [0, 0.05) is 18.7 Å². The lowest BCUT2D eigenvalue weighted by Crippen LogP contribution is -2.26. The van der Waals surface area contributed by atoms with E-state index >= 15 is 0 Å². The predicted molar refractivity (Wildman–Crippen MR) is 75.3 cm³/mol. The van der Waals surface area contributed by atoms with E-state index in [1.54, 1.807) is 11.3 Å². The van der Waals surface area contributed by atoms with Gasteiger partial charge >= 0.3 is 0 Å². The number of thiophene rings is 1. The normalized spacial score (nSPS) is 14.8. The molecule has 1 saturated carbocycles. The van der Waals surface area contributed by atoms with Crippen LogP contribution in [0, 0.1) is 6.92 Å². The molecule has 1 aliphatic rings. The summed E-state index contributed by atoms with van der Waals surface area (Å²) in [6, 6.07) is 4.63. The van der Waals surface area contributed by atoms with Gasteiger partial charge in [-0.25, -0.2) is 9.97 Å². The van der Waals surface area contributed by atoms with E-state index in [0.717, 1.165) is 18.2 Å². The van der Waals surface area contributed by atoms with Crippen molar-refractivity contribution in [3.05, 3.63) is 39.4 Å². The molecule has 0 N–H and O–H groups in total. The second kappa shape index (κ2) is 4.86. The molecule has 0 saturated heterocycles. The molecule has 0 amide bonds. The zero-order chi connectivity index (χ0) is 12.5. The average molecular weight is 280 g/mol. The second-order valence-corrected chi connectivity index (χ2v) is 5.75. The first-order valence-corrected chi connectivity index (χ1v) is 7.33. The zero-order valence-electron chi connectivity index (χ0n) is 10.1. The molecule has 1 fully saturated rings. The largest absolute Gasteiger partial charge is 0.349 e. The number of aromatic nitrogens is 2. The third kappa shape index (κ3) is 2.65. The third-order valence-corrected chi connectivity index (χ3v) is 3.93. The van der Waals surface area contributed by atoms with Gasteiger partial charge in [0.2, 0.25) is 0 Å². The van der Waals surface area contributed by atoms with Crippen LogP contribution < -0.4 is 4.90 Å². The number of halogens is 1. The maximum atomic E-state index is 6.03. The standard InChI is InChI=1S/C13H14ClN3S/c1-9-15-12(14)6-13(16-9)17(11-2-3-11)7-10-4-5-18-8-10/h4-6,8,11H,2-3,7H2,1H3. The van der Waals surface area contributed by atoms with Crippen LogP contribution in [0.5, 0.6) is 0 Å². The number of rotatable bonds is 4. The monoisotopic (exact) mass is 279 g/mol. The van der Waals surface area contributed by atoms with Crippen LogP contribution >= 0.6 is 22.9 Å². The molecule has 5 heteroatoms. The first-order chi connectivity index (χ1) is 8.72. The number of hydrogen-bond acceptors (Lipinski definition) is 4. The topological polar surface area (TPSA) is 29.0 Å². The van der Waals surface area contributed by atoms with E-state index in [4.69, 9.17) is 11.6 Å². The van der Waals surface area contributed by atoms with Crippen LogP contribution in [0.3, 0.4) is 0 Å². The van der Waals surface area contributed by atoms with Crippen LogP contribution in [0.15, 0.2) is 22.9 Å². The SMILES string of the molecule is Cc1nc(Cl)cc(N(Cc2ccsc2)C2CC2)n1. The maximum absolute atomic E-state index is 6.03. The van der Waals surface area contributed by atoms with Crippen LogP contribution in [0.25, 0.3) is 0 Å². The lowest BCUT2D eigenvalue weighted by molar-refractivity contribution is 0.773. The summed E-state index contributed by atoms with van der Waals surface area (Å²) in [6.07, 6.45) is 2.48. The van der Waals surface area contributed by atoms with Gasteiger partial charge in [-0.15, -0.1) is 0 Å². The van der Waals surface area contributed by atoms with Gasteiger partial charge in [-0.05, 0) is 42.2 Å². The molecule has 0 bridgehead atoms. The number of hydrogen-bond donors (Lipinski definition) is 0. The predicted octanol–water partition coefficient (Wildman–Crippen LogP) is 3.67. The van der Waals surface area contributed by atoms with Gasteiger partial charge in [-0.1, -0.05) is 11.6 Å². The van der Waals surface area contributed by atoms with E-state index in [1.807, 2.05) is 13.0 Å². The van der Waals surface area contributed by atoms with Crippen LogP contribution in [0.2, 0.25) is 5.15 Å². The Morgan fingerprint density at radius 3 is 2.89 bits per heavy atom. The fourth-order valence-corrected chi connectivity index (χ4v) is 2.91. The highest BCUT2D eigenvalue weighted by Crippen LogP contribution is 2.33. The highest BCUT2D eigenvalue weighted by atomic mass is 35.5. The summed E-state index contributed by atoms with van der Waals surface area (Å²) in [5.41, 5.74) is 1.33. The molecule has 2 heterocycles. The number of aryl methyl sites for hydroxylation is 1. The molecule has 18 heavy (non-hydrogen) atoms. The fourth-order valence-electron chi connectivity index (χ4n) is 2.03. The summed E-state index contributed by atoms with van der Waals surface area (Å²) in [5.74, 6) is 1.68. The molecule has 3 nitrogen and oxygen atoms in total. The highest BCUT2D eigenvalue weighted by molar-refractivity contribution is 7.07.